The second kappa shape index (κ2) is 11.5. The van der Waals surface area contributed by atoms with Gasteiger partial charge < -0.3 is 9.80 Å². The summed E-state index contributed by atoms with van der Waals surface area (Å²) in [6.07, 6.45) is 1.31. The molecule has 0 aliphatic carbocycles. The molecule has 1 rings (SSSR count). The largest absolute Gasteiger partial charge is 0.301 e. The zero-order chi connectivity index (χ0) is 15.5. The highest BCUT2D eigenvalue weighted by atomic mass is 15.3. The van der Waals surface area contributed by atoms with Gasteiger partial charge >= 0.3 is 0 Å². The highest BCUT2D eigenvalue weighted by Gasteiger charge is 2.18. The van der Waals surface area contributed by atoms with Crippen LogP contribution < -0.4 is 0 Å². The minimum atomic E-state index is 0.688. The van der Waals surface area contributed by atoms with E-state index in [0.29, 0.717) is 12.1 Å². The number of rotatable bonds is 7. The molecule has 20 heavy (non-hydrogen) atoms. The van der Waals surface area contributed by atoms with Gasteiger partial charge in [-0.25, -0.2) is 0 Å². The first-order valence-electron chi connectivity index (χ1n) is 8.75. The summed E-state index contributed by atoms with van der Waals surface area (Å²) in [5.41, 5.74) is 0. The van der Waals surface area contributed by atoms with E-state index < -0.39 is 0 Å². The first kappa shape index (κ1) is 19.9. The molecule has 0 aromatic rings. The second-order valence-corrected chi connectivity index (χ2v) is 6.05. The molecule has 1 heterocycles. The van der Waals surface area contributed by atoms with Crippen LogP contribution in [0.3, 0.4) is 0 Å². The second-order valence-electron chi connectivity index (χ2n) is 6.05. The molecule has 1 aliphatic heterocycles. The van der Waals surface area contributed by atoms with E-state index in [4.69, 9.17) is 0 Å². The molecule has 0 aromatic carbocycles. The maximum atomic E-state index is 2.63. The molecule has 3 heteroatoms. The van der Waals surface area contributed by atoms with E-state index in [1.54, 1.807) is 0 Å². The Bertz CT molecular complexity index is 208. The van der Waals surface area contributed by atoms with E-state index in [2.05, 4.69) is 49.3 Å². The van der Waals surface area contributed by atoms with Gasteiger partial charge in [0.25, 0.3) is 0 Å². The standard InChI is InChI=1S/C15H33N3.C2H6/c1-6-17(14(2)3)9-7-8-16-10-12-18(13-11-16)15(4)5;1-2/h14-15H,6-13H2,1-5H3;1-2H3. The molecule has 0 radical (unpaired) electrons. The first-order chi connectivity index (χ1) is 9.54. The molecule has 0 amide bonds. The van der Waals surface area contributed by atoms with Crippen LogP contribution in [0, 0.1) is 0 Å². The van der Waals surface area contributed by atoms with Crippen LogP contribution >= 0.6 is 0 Å². The van der Waals surface area contributed by atoms with Crippen LogP contribution in [-0.4, -0.2) is 72.6 Å². The third-order valence-corrected chi connectivity index (χ3v) is 4.19. The van der Waals surface area contributed by atoms with Gasteiger partial charge in [-0.05, 0) is 53.8 Å². The van der Waals surface area contributed by atoms with E-state index >= 15 is 0 Å². The van der Waals surface area contributed by atoms with E-state index in [1.165, 1.54) is 52.2 Å². The molecule has 0 spiro atoms. The summed E-state index contributed by atoms with van der Waals surface area (Å²) in [7, 11) is 0. The number of hydrogen-bond donors (Lipinski definition) is 0. The molecule has 3 nitrogen and oxygen atoms in total. The zero-order valence-corrected chi connectivity index (χ0v) is 15.2. The Balaban J connectivity index is 0.00000172. The molecule has 0 N–H and O–H groups in total. The van der Waals surface area contributed by atoms with Crippen LogP contribution in [0.5, 0.6) is 0 Å². The molecular formula is C17H39N3. The van der Waals surface area contributed by atoms with Gasteiger partial charge in [-0.3, -0.25) is 4.90 Å². The van der Waals surface area contributed by atoms with Gasteiger partial charge in [0, 0.05) is 38.3 Å². The predicted octanol–water partition coefficient (Wildman–Crippen LogP) is 3.16. The van der Waals surface area contributed by atoms with Crippen LogP contribution in [-0.2, 0) is 0 Å². The van der Waals surface area contributed by atoms with Crippen molar-refractivity contribution < 1.29 is 0 Å². The van der Waals surface area contributed by atoms with E-state index in [-0.39, 0.29) is 0 Å². The summed E-state index contributed by atoms with van der Waals surface area (Å²) in [5.74, 6) is 0. The van der Waals surface area contributed by atoms with Crippen LogP contribution in [0.1, 0.15) is 54.9 Å². The lowest BCUT2D eigenvalue weighted by Crippen LogP contribution is -2.49. The highest BCUT2D eigenvalue weighted by molar-refractivity contribution is 4.74. The molecule has 0 saturated carbocycles. The van der Waals surface area contributed by atoms with Crippen molar-refractivity contribution in [2.24, 2.45) is 0 Å². The molecule has 0 bridgehead atoms. The number of nitrogens with zero attached hydrogens (tertiary/aromatic N) is 3. The van der Waals surface area contributed by atoms with Crippen molar-refractivity contribution in [3.8, 4) is 0 Å². The molecule has 122 valence electrons. The summed E-state index contributed by atoms with van der Waals surface area (Å²) in [6, 6.07) is 1.40. The van der Waals surface area contributed by atoms with Crippen molar-refractivity contribution in [3.05, 3.63) is 0 Å². The minimum Gasteiger partial charge on any atom is -0.301 e. The maximum absolute atomic E-state index is 2.63. The molecular weight excluding hydrogens is 246 g/mol. The Morgan fingerprint density at radius 3 is 1.90 bits per heavy atom. The average Bonchev–Trinajstić information content (AvgIpc) is 2.46. The maximum Gasteiger partial charge on any atom is 0.0113 e. The van der Waals surface area contributed by atoms with Crippen LogP contribution in [0.25, 0.3) is 0 Å². The third kappa shape index (κ3) is 7.61. The minimum absolute atomic E-state index is 0.688. The van der Waals surface area contributed by atoms with E-state index in [9.17, 15) is 0 Å². The van der Waals surface area contributed by atoms with Gasteiger partial charge in [0.2, 0.25) is 0 Å². The van der Waals surface area contributed by atoms with E-state index in [1.807, 2.05) is 13.8 Å². The SMILES string of the molecule is CC.CCN(CCCN1CCN(C(C)C)CC1)C(C)C. The summed E-state index contributed by atoms with van der Waals surface area (Å²) >= 11 is 0. The highest BCUT2D eigenvalue weighted by Crippen LogP contribution is 2.07. The van der Waals surface area contributed by atoms with Crippen molar-refractivity contribution in [1.82, 2.24) is 14.7 Å². The summed E-state index contributed by atoms with van der Waals surface area (Å²) in [4.78, 5) is 7.78. The van der Waals surface area contributed by atoms with Crippen LogP contribution in [0.4, 0.5) is 0 Å². The summed E-state index contributed by atoms with van der Waals surface area (Å²) < 4.78 is 0. The van der Waals surface area contributed by atoms with Crippen molar-refractivity contribution in [2.45, 2.75) is 67.0 Å². The van der Waals surface area contributed by atoms with Gasteiger partial charge in [0.1, 0.15) is 0 Å². The van der Waals surface area contributed by atoms with Gasteiger partial charge in [-0.1, -0.05) is 20.8 Å². The molecule has 0 atom stereocenters. The Labute approximate surface area is 128 Å². The quantitative estimate of drug-likeness (QED) is 0.711. The molecule has 0 unspecified atom stereocenters. The van der Waals surface area contributed by atoms with Crippen molar-refractivity contribution >= 4 is 0 Å². The lowest BCUT2D eigenvalue weighted by Gasteiger charge is -2.37. The van der Waals surface area contributed by atoms with Crippen LogP contribution in [0.15, 0.2) is 0 Å². The van der Waals surface area contributed by atoms with Gasteiger partial charge in [-0.15, -0.1) is 0 Å². The molecule has 1 aliphatic rings. The Morgan fingerprint density at radius 2 is 1.50 bits per heavy atom. The number of piperazine rings is 1. The fraction of sp³-hybridized carbons (Fsp3) is 1.00. The topological polar surface area (TPSA) is 9.72 Å². The number of hydrogen-bond acceptors (Lipinski definition) is 3. The monoisotopic (exact) mass is 285 g/mol. The molecule has 0 aromatic heterocycles. The smallest absolute Gasteiger partial charge is 0.0113 e. The summed E-state index contributed by atoms with van der Waals surface area (Å²) in [5, 5.41) is 0. The van der Waals surface area contributed by atoms with Crippen molar-refractivity contribution in [1.29, 1.82) is 0 Å². The fourth-order valence-electron chi connectivity index (χ4n) is 2.78. The molecule has 1 fully saturated rings. The fourth-order valence-corrected chi connectivity index (χ4v) is 2.78. The van der Waals surface area contributed by atoms with Crippen molar-refractivity contribution in [2.75, 3.05) is 45.8 Å². The average molecular weight is 286 g/mol. The molecule has 1 saturated heterocycles. The predicted molar refractivity (Wildman–Crippen MR) is 91.5 cm³/mol. The lowest BCUT2D eigenvalue weighted by molar-refractivity contribution is 0.103. The Morgan fingerprint density at radius 1 is 0.950 bits per heavy atom. The first-order valence-corrected chi connectivity index (χ1v) is 8.75. The van der Waals surface area contributed by atoms with Gasteiger partial charge in [0.15, 0.2) is 0 Å². The van der Waals surface area contributed by atoms with E-state index in [0.717, 1.165) is 0 Å². The third-order valence-electron chi connectivity index (χ3n) is 4.19. The Kier molecular flexibility index (Phi) is 11.5. The zero-order valence-electron chi connectivity index (χ0n) is 15.2. The van der Waals surface area contributed by atoms with Crippen LogP contribution in [0.2, 0.25) is 0 Å². The normalized spacial score (nSPS) is 17.7. The van der Waals surface area contributed by atoms with Crippen molar-refractivity contribution in [3.63, 3.8) is 0 Å². The summed E-state index contributed by atoms with van der Waals surface area (Å²) in [6.45, 7) is 24.2. The van der Waals surface area contributed by atoms with Gasteiger partial charge in [0.05, 0.1) is 0 Å². The Hall–Kier alpha value is -0.120. The van der Waals surface area contributed by atoms with Gasteiger partial charge in [-0.2, -0.15) is 0 Å². The lowest BCUT2D eigenvalue weighted by atomic mass is 10.2.